The molecule has 0 aliphatic heterocycles. The van der Waals surface area contributed by atoms with Gasteiger partial charge in [0.1, 0.15) is 5.65 Å². The normalized spacial score (nSPS) is 19.3. The number of nitrogens with two attached hydrogens (primary N) is 2. The van der Waals surface area contributed by atoms with Gasteiger partial charge < -0.3 is 15.6 Å². The van der Waals surface area contributed by atoms with Gasteiger partial charge in [-0.25, -0.2) is 18.5 Å². The van der Waals surface area contributed by atoms with E-state index in [1.807, 2.05) is 6.20 Å². The van der Waals surface area contributed by atoms with Crippen molar-refractivity contribution in [3.63, 3.8) is 0 Å². The minimum Gasteiger partial charge on any atom is -0.354 e. The molecular formula is C23H32N6O2S. The number of unbranched alkanes of at least 4 members (excludes halogenated alkanes) is 1. The summed E-state index contributed by atoms with van der Waals surface area (Å²) in [5.74, 6) is 1.20. The highest BCUT2D eigenvalue weighted by atomic mass is 32.2. The van der Waals surface area contributed by atoms with Gasteiger partial charge in [0.15, 0.2) is 0 Å². The van der Waals surface area contributed by atoms with Crippen LogP contribution in [0.4, 0.5) is 5.95 Å². The molecule has 1 saturated carbocycles. The lowest BCUT2D eigenvalue weighted by atomic mass is 9.86. The molecule has 0 unspecified atom stereocenters. The smallest absolute Gasteiger partial charge is 0.238 e. The van der Waals surface area contributed by atoms with E-state index in [1.54, 1.807) is 12.1 Å². The zero-order chi connectivity index (χ0) is 22.7. The summed E-state index contributed by atoms with van der Waals surface area (Å²) in [6.07, 6.45) is 10.5. The topological polar surface area (TPSA) is 129 Å². The van der Waals surface area contributed by atoms with E-state index in [4.69, 9.17) is 15.9 Å². The van der Waals surface area contributed by atoms with E-state index in [-0.39, 0.29) is 4.90 Å². The number of anilines is 1. The summed E-state index contributed by atoms with van der Waals surface area (Å²) in [6, 6.07) is 6.96. The molecule has 0 bridgehead atoms. The summed E-state index contributed by atoms with van der Waals surface area (Å²) in [6.45, 7) is 3.87. The maximum atomic E-state index is 11.6. The van der Waals surface area contributed by atoms with E-state index in [2.05, 4.69) is 28.0 Å². The number of fused-ring (bicyclic) bond motifs is 1. The second kappa shape index (κ2) is 9.56. The largest absolute Gasteiger partial charge is 0.354 e. The second-order valence-electron chi connectivity index (χ2n) is 8.76. The second-order valence-corrected chi connectivity index (χ2v) is 10.3. The Balaban J connectivity index is 1.70. The summed E-state index contributed by atoms with van der Waals surface area (Å²) >= 11 is 0. The Bertz CT molecular complexity index is 1170. The highest BCUT2D eigenvalue weighted by Crippen LogP contribution is 2.33. The van der Waals surface area contributed by atoms with Gasteiger partial charge in [0.25, 0.3) is 0 Å². The molecule has 0 radical (unpaired) electrons. The van der Waals surface area contributed by atoms with Crippen molar-refractivity contribution in [3.05, 3.63) is 36.7 Å². The van der Waals surface area contributed by atoms with Gasteiger partial charge in [-0.05, 0) is 55.7 Å². The van der Waals surface area contributed by atoms with Crippen LogP contribution in [0.3, 0.4) is 0 Å². The van der Waals surface area contributed by atoms with Gasteiger partial charge in [0, 0.05) is 42.5 Å². The lowest BCUT2D eigenvalue weighted by molar-refractivity contribution is 0.297. The van der Waals surface area contributed by atoms with Crippen LogP contribution in [0, 0.1) is 5.92 Å². The maximum absolute atomic E-state index is 11.6. The molecule has 1 aliphatic rings. The van der Waals surface area contributed by atoms with Crippen molar-refractivity contribution in [3.8, 4) is 11.1 Å². The molecule has 5 N–H and O–H groups in total. The third kappa shape index (κ3) is 5.11. The summed E-state index contributed by atoms with van der Waals surface area (Å²) in [5, 5.41) is 9.51. The third-order valence-corrected chi connectivity index (χ3v) is 7.20. The summed E-state index contributed by atoms with van der Waals surface area (Å²) < 4.78 is 25.5. The molecule has 32 heavy (non-hydrogen) atoms. The summed E-state index contributed by atoms with van der Waals surface area (Å²) in [4.78, 5) is 9.45. The minimum absolute atomic E-state index is 0.0993. The summed E-state index contributed by atoms with van der Waals surface area (Å²) in [5.41, 5.74) is 8.87. The van der Waals surface area contributed by atoms with E-state index in [0.29, 0.717) is 17.9 Å². The quantitative estimate of drug-likeness (QED) is 0.445. The molecule has 1 aromatic carbocycles. The van der Waals surface area contributed by atoms with Crippen LogP contribution in [0.15, 0.2) is 41.6 Å². The van der Waals surface area contributed by atoms with Crippen LogP contribution in [-0.2, 0) is 16.6 Å². The Hall–Kier alpha value is -2.49. The Morgan fingerprint density at radius 2 is 1.88 bits per heavy atom. The van der Waals surface area contributed by atoms with E-state index in [1.165, 1.54) is 12.1 Å². The van der Waals surface area contributed by atoms with Crippen LogP contribution in [-0.4, -0.2) is 35.5 Å². The number of nitrogens with one attached hydrogen (secondary N) is 1. The monoisotopic (exact) mass is 456 g/mol. The molecule has 0 spiro atoms. The van der Waals surface area contributed by atoms with Crippen LogP contribution in [0.25, 0.3) is 22.2 Å². The summed E-state index contributed by atoms with van der Waals surface area (Å²) in [7, 11) is -3.73. The van der Waals surface area contributed by atoms with E-state index < -0.39 is 10.0 Å². The first-order valence-corrected chi connectivity index (χ1v) is 12.9. The van der Waals surface area contributed by atoms with Crippen molar-refractivity contribution in [1.29, 1.82) is 0 Å². The molecular weight excluding hydrogens is 424 g/mol. The van der Waals surface area contributed by atoms with Crippen molar-refractivity contribution >= 4 is 27.0 Å². The van der Waals surface area contributed by atoms with E-state index >= 15 is 0 Å². The van der Waals surface area contributed by atoms with E-state index in [9.17, 15) is 8.42 Å². The van der Waals surface area contributed by atoms with Crippen LogP contribution < -0.4 is 16.2 Å². The molecule has 2 aromatic heterocycles. The fourth-order valence-electron chi connectivity index (χ4n) is 4.37. The molecule has 4 rings (SSSR count). The zero-order valence-corrected chi connectivity index (χ0v) is 19.3. The van der Waals surface area contributed by atoms with Crippen molar-refractivity contribution in [1.82, 2.24) is 14.5 Å². The van der Waals surface area contributed by atoms with Gasteiger partial charge in [0.2, 0.25) is 16.0 Å². The van der Waals surface area contributed by atoms with Gasteiger partial charge in [-0.15, -0.1) is 0 Å². The van der Waals surface area contributed by atoms with Gasteiger partial charge >= 0.3 is 0 Å². The molecule has 9 heteroatoms. The first-order valence-electron chi connectivity index (χ1n) is 11.3. The SMILES string of the molecule is CCCCNc1ncc2c(-c3ccc(S(N)(=O)=O)cc3)cn(CC3CCC(N)CC3)c2n1. The first-order chi connectivity index (χ1) is 15.3. The lowest BCUT2D eigenvalue weighted by Gasteiger charge is -2.26. The van der Waals surface area contributed by atoms with Crippen LogP contribution >= 0.6 is 0 Å². The third-order valence-electron chi connectivity index (χ3n) is 6.27. The highest BCUT2D eigenvalue weighted by molar-refractivity contribution is 7.89. The molecule has 3 aromatic rings. The number of benzene rings is 1. The van der Waals surface area contributed by atoms with Gasteiger partial charge in [-0.1, -0.05) is 25.5 Å². The average Bonchev–Trinajstić information content (AvgIpc) is 3.13. The van der Waals surface area contributed by atoms with Gasteiger partial charge in [-0.3, -0.25) is 0 Å². The fourth-order valence-corrected chi connectivity index (χ4v) is 4.89. The number of hydrogen-bond acceptors (Lipinski definition) is 6. The Kier molecular flexibility index (Phi) is 6.78. The molecule has 8 nitrogen and oxygen atoms in total. The number of hydrogen-bond donors (Lipinski definition) is 3. The Labute approximate surface area is 189 Å². The molecule has 2 heterocycles. The first kappa shape index (κ1) is 22.7. The number of sulfonamides is 1. The highest BCUT2D eigenvalue weighted by Gasteiger charge is 2.21. The van der Waals surface area contributed by atoms with Crippen molar-refractivity contribution < 1.29 is 8.42 Å². The number of rotatable bonds is 8. The van der Waals surface area contributed by atoms with Crippen molar-refractivity contribution in [2.24, 2.45) is 16.8 Å². The zero-order valence-electron chi connectivity index (χ0n) is 18.5. The number of primary sulfonamides is 1. The van der Waals surface area contributed by atoms with Crippen molar-refractivity contribution in [2.75, 3.05) is 11.9 Å². The van der Waals surface area contributed by atoms with Crippen LogP contribution in [0.5, 0.6) is 0 Å². The van der Waals surface area contributed by atoms with Gasteiger partial charge in [-0.2, -0.15) is 4.98 Å². The molecule has 0 amide bonds. The van der Waals surface area contributed by atoms with Gasteiger partial charge in [0.05, 0.1) is 4.90 Å². The number of nitrogens with zero attached hydrogens (tertiary/aromatic N) is 3. The molecule has 0 saturated heterocycles. The molecule has 1 fully saturated rings. The van der Waals surface area contributed by atoms with Crippen LogP contribution in [0.1, 0.15) is 45.4 Å². The Morgan fingerprint density at radius 1 is 1.16 bits per heavy atom. The fraction of sp³-hybridized carbons (Fsp3) is 0.478. The minimum atomic E-state index is -3.73. The lowest BCUT2D eigenvalue weighted by Crippen LogP contribution is -2.28. The van der Waals surface area contributed by atoms with Crippen LogP contribution in [0.2, 0.25) is 0 Å². The standard InChI is InChI=1S/C23H32N6O2S/c1-2-3-12-26-23-27-13-20-21(17-6-10-19(11-7-17)32(25,30)31)15-29(22(20)28-23)14-16-4-8-18(24)9-5-16/h6-7,10-11,13,15-16,18H,2-5,8-9,12,14,24H2,1H3,(H2,25,30,31)(H,26,27,28). The number of aromatic nitrogens is 3. The van der Waals surface area contributed by atoms with Crippen molar-refractivity contribution in [2.45, 2.75) is 62.9 Å². The van der Waals surface area contributed by atoms with E-state index in [0.717, 1.165) is 73.8 Å². The molecule has 0 atom stereocenters. The molecule has 172 valence electrons. The predicted octanol–water partition coefficient (Wildman–Crippen LogP) is 3.48. The predicted molar refractivity (Wildman–Crippen MR) is 128 cm³/mol. The Morgan fingerprint density at radius 3 is 2.53 bits per heavy atom. The average molecular weight is 457 g/mol. The maximum Gasteiger partial charge on any atom is 0.238 e. The molecule has 1 aliphatic carbocycles.